The van der Waals surface area contributed by atoms with Gasteiger partial charge in [0, 0.05) is 11.6 Å². The van der Waals surface area contributed by atoms with Crippen LogP contribution in [0.5, 0.6) is 0 Å². The van der Waals surface area contributed by atoms with Crippen LogP contribution in [0.25, 0.3) is 5.57 Å². The lowest BCUT2D eigenvalue weighted by atomic mass is 9.94. The summed E-state index contributed by atoms with van der Waals surface area (Å²) in [7, 11) is -1.80. The van der Waals surface area contributed by atoms with Crippen LogP contribution in [0.2, 0.25) is 18.1 Å². The molecule has 0 bridgehead atoms. The summed E-state index contributed by atoms with van der Waals surface area (Å²) in [4.78, 5) is 0. The highest BCUT2D eigenvalue weighted by molar-refractivity contribution is 6.73. The van der Waals surface area contributed by atoms with Crippen molar-refractivity contribution in [3.63, 3.8) is 0 Å². The van der Waals surface area contributed by atoms with E-state index in [9.17, 15) is 5.11 Å². The predicted octanol–water partition coefficient (Wildman–Crippen LogP) is 5.92. The summed E-state index contributed by atoms with van der Waals surface area (Å²) in [6, 6.07) is 15.9. The Bertz CT molecular complexity index is 849. The van der Waals surface area contributed by atoms with Crippen molar-refractivity contribution in [2.75, 3.05) is 0 Å². The number of aryl methyl sites for hydroxylation is 2. The smallest absolute Gasteiger partial charge is 0.192 e. The van der Waals surface area contributed by atoms with E-state index >= 15 is 0 Å². The normalized spacial score (nSPS) is 25.1. The molecule has 0 saturated heterocycles. The van der Waals surface area contributed by atoms with Crippen molar-refractivity contribution in [2.24, 2.45) is 5.92 Å². The van der Waals surface area contributed by atoms with E-state index in [-0.39, 0.29) is 18.1 Å². The molecule has 3 rings (SSSR count). The van der Waals surface area contributed by atoms with Gasteiger partial charge < -0.3 is 9.53 Å². The molecule has 1 N–H and O–H groups in total. The Morgan fingerprint density at radius 1 is 1.10 bits per heavy atom. The minimum Gasteiger partial charge on any atom is -0.413 e. The first-order valence-electron chi connectivity index (χ1n) is 11.5. The second kappa shape index (κ2) is 9.63. The molecule has 0 amide bonds. The SMILES string of the molecule is CC[Si](CC)(CC)O[C@@H]1C[C@@H](n2nc(C)cc2C)C(c2ccccc2)=C[C@@H](O)[C@@H]1C. The molecule has 4 nitrogen and oxygen atoms in total. The van der Waals surface area contributed by atoms with Crippen LogP contribution < -0.4 is 0 Å². The summed E-state index contributed by atoms with van der Waals surface area (Å²) in [5.74, 6) is 0.0437. The number of rotatable bonds is 7. The van der Waals surface area contributed by atoms with Gasteiger partial charge in [0.2, 0.25) is 0 Å². The summed E-state index contributed by atoms with van der Waals surface area (Å²) >= 11 is 0. The lowest BCUT2D eigenvalue weighted by Gasteiger charge is -2.37. The molecule has 0 fully saturated rings. The number of allylic oxidation sites excluding steroid dienone is 1. The average molecular weight is 427 g/mol. The van der Waals surface area contributed by atoms with Crippen LogP contribution in [-0.4, -0.2) is 35.4 Å². The van der Waals surface area contributed by atoms with Gasteiger partial charge in [-0.1, -0.05) is 58.0 Å². The van der Waals surface area contributed by atoms with E-state index < -0.39 is 14.4 Å². The maximum absolute atomic E-state index is 11.1. The van der Waals surface area contributed by atoms with Gasteiger partial charge in [0.25, 0.3) is 0 Å². The molecule has 30 heavy (non-hydrogen) atoms. The molecule has 1 aromatic carbocycles. The molecule has 1 aromatic heterocycles. The van der Waals surface area contributed by atoms with Gasteiger partial charge in [-0.2, -0.15) is 5.10 Å². The molecule has 2 aromatic rings. The van der Waals surface area contributed by atoms with Crippen LogP contribution in [0, 0.1) is 19.8 Å². The number of hydrogen-bond acceptors (Lipinski definition) is 3. The van der Waals surface area contributed by atoms with E-state index in [1.54, 1.807) is 0 Å². The van der Waals surface area contributed by atoms with Gasteiger partial charge in [0.1, 0.15) is 0 Å². The van der Waals surface area contributed by atoms with E-state index in [1.807, 2.05) is 13.0 Å². The zero-order chi connectivity index (χ0) is 21.9. The Balaban J connectivity index is 2.07. The van der Waals surface area contributed by atoms with Crippen molar-refractivity contribution in [3.8, 4) is 0 Å². The zero-order valence-electron chi connectivity index (χ0n) is 19.4. The number of aliphatic hydroxyl groups excluding tert-OH is 1. The summed E-state index contributed by atoms with van der Waals surface area (Å²) in [5, 5.41) is 16.0. The summed E-state index contributed by atoms with van der Waals surface area (Å²) < 4.78 is 9.12. The van der Waals surface area contributed by atoms with Crippen molar-refractivity contribution in [1.82, 2.24) is 9.78 Å². The number of hydrogen-bond donors (Lipinski definition) is 1. The lowest BCUT2D eigenvalue weighted by Crippen LogP contribution is -2.44. The lowest BCUT2D eigenvalue weighted by molar-refractivity contribution is 0.0479. The second-order valence-electron chi connectivity index (χ2n) is 8.86. The predicted molar refractivity (Wildman–Crippen MR) is 127 cm³/mol. The average Bonchev–Trinajstić information content (AvgIpc) is 3.04. The van der Waals surface area contributed by atoms with Crippen LogP contribution in [0.3, 0.4) is 0 Å². The second-order valence-corrected chi connectivity index (χ2v) is 13.6. The van der Waals surface area contributed by atoms with Crippen LogP contribution in [0.4, 0.5) is 0 Å². The van der Waals surface area contributed by atoms with Gasteiger partial charge in [-0.25, -0.2) is 0 Å². The Labute approximate surface area is 183 Å². The minimum atomic E-state index is -1.80. The summed E-state index contributed by atoms with van der Waals surface area (Å²) in [5.41, 5.74) is 4.46. The fraction of sp³-hybridized carbons (Fsp3) is 0.560. The van der Waals surface area contributed by atoms with Crippen molar-refractivity contribution in [2.45, 2.75) is 84.3 Å². The quantitative estimate of drug-likeness (QED) is 0.559. The molecule has 1 heterocycles. The molecule has 4 atom stereocenters. The number of benzene rings is 1. The van der Waals surface area contributed by atoms with E-state index in [2.05, 4.69) is 75.7 Å². The van der Waals surface area contributed by atoms with Crippen LogP contribution in [0.15, 0.2) is 42.5 Å². The van der Waals surface area contributed by atoms with E-state index in [0.717, 1.165) is 47.1 Å². The molecular weight excluding hydrogens is 388 g/mol. The molecule has 0 aliphatic heterocycles. The number of aromatic nitrogens is 2. The Morgan fingerprint density at radius 2 is 1.73 bits per heavy atom. The Morgan fingerprint density at radius 3 is 2.27 bits per heavy atom. The number of nitrogens with zero attached hydrogens (tertiary/aromatic N) is 2. The minimum absolute atomic E-state index is 0.0119. The van der Waals surface area contributed by atoms with Gasteiger partial charge in [-0.15, -0.1) is 0 Å². The third kappa shape index (κ3) is 4.63. The molecule has 0 radical (unpaired) electrons. The van der Waals surface area contributed by atoms with Crippen LogP contribution in [-0.2, 0) is 4.43 Å². The van der Waals surface area contributed by atoms with Gasteiger partial charge >= 0.3 is 0 Å². The fourth-order valence-corrected chi connectivity index (χ4v) is 7.77. The molecule has 0 unspecified atom stereocenters. The maximum atomic E-state index is 11.1. The van der Waals surface area contributed by atoms with E-state index in [1.165, 1.54) is 0 Å². The highest BCUT2D eigenvalue weighted by atomic mass is 28.4. The topological polar surface area (TPSA) is 47.3 Å². The van der Waals surface area contributed by atoms with Crippen molar-refractivity contribution >= 4 is 13.9 Å². The van der Waals surface area contributed by atoms with E-state index in [4.69, 9.17) is 9.52 Å². The highest BCUT2D eigenvalue weighted by Crippen LogP contribution is 2.40. The molecule has 0 saturated carbocycles. The van der Waals surface area contributed by atoms with Crippen molar-refractivity contribution in [1.29, 1.82) is 0 Å². The third-order valence-electron chi connectivity index (χ3n) is 7.07. The van der Waals surface area contributed by atoms with Crippen LogP contribution >= 0.6 is 0 Å². The zero-order valence-corrected chi connectivity index (χ0v) is 20.4. The van der Waals surface area contributed by atoms with Gasteiger partial charge in [0.05, 0.1) is 23.9 Å². The molecule has 1 aliphatic rings. The first-order valence-corrected chi connectivity index (χ1v) is 14.0. The standard InChI is InChI=1S/C25H38N2O2Si/c1-7-30(8-2,9-3)29-25-17-23(27-19(5)15-18(4)26-27)22(16-24(28)20(25)6)21-13-11-10-12-14-21/h10-16,20,23-25,28H,7-9,17H2,1-6H3/t20-,23+,24+,25+/m0/s1. The molecule has 0 spiro atoms. The molecule has 164 valence electrons. The van der Waals surface area contributed by atoms with Gasteiger partial charge in [-0.05, 0) is 61.7 Å². The molecule has 1 aliphatic carbocycles. The van der Waals surface area contributed by atoms with E-state index in [0.29, 0.717) is 0 Å². The molecular formula is C25H38N2O2Si. The molecule has 5 heteroatoms. The van der Waals surface area contributed by atoms with Crippen molar-refractivity contribution in [3.05, 3.63) is 59.4 Å². The Hall–Kier alpha value is -1.69. The highest BCUT2D eigenvalue weighted by Gasteiger charge is 2.40. The first kappa shape index (κ1) is 23.0. The van der Waals surface area contributed by atoms with Gasteiger partial charge in [-0.3, -0.25) is 4.68 Å². The monoisotopic (exact) mass is 426 g/mol. The first-order chi connectivity index (χ1) is 14.3. The third-order valence-corrected chi connectivity index (χ3v) is 11.7. The fourth-order valence-electron chi connectivity index (χ4n) is 4.82. The summed E-state index contributed by atoms with van der Waals surface area (Å²) in [6.07, 6.45) is 2.36. The van der Waals surface area contributed by atoms with Crippen LogP contribution in [0.1, 0.15) is 57.1 Å². The maximum Gasteiger partial charge on any atom is 0.192 e. The van der Waals surface area contributed by atoms with Crippen molar-refractivity contribution < 1.29 is 9.53 Å². The largest absolute Gasteiger partial charge is 0.413 e. The summed E-state index contributed by atoms with van der Waals surface area (Å²) in [6.45, 7) is 13.1. The number of aliphatic hydroxyl groups is 1. The Kier molecular flexibility index (Phi) is 7.37. The van der Waals surface area contributed by atoms with Gasteiger partial charge in [0.15, 0.2) is 8.32 Å².